The number of allylic oxidation sites excluding steroid dienone is 3. The quantitative estimate of drug-likeness (QED) is 0.726. The van der Waals surface area contributed by atoms with E-state index >= 15 is 0 Å². The lowest BCUT2D eigenvalue weighted by atomic mass is 9.85. The smallest absolute Gasteiger partial charge is 0.324 e. The molecule has 4 aliphatic rings. The number of carbonyl (C=O) groups is 2. The van der Waals surface area contributed by atoms with Crippen molar-refractivity contribution in [1.82, 2.24) is 15.5 Å². The zero-order valence-corrected chi connectivity index (χ0v) is 13.0. The summed E-state index contributed by atoms with van der Waals surface area (Å²) in [4.78, 5) is 25.8. The summed E-state index contributed by atoms with van der Waals surface area (Å²) < 4.78 is 0. The van der Waals surface area contributed by atoms with Crippen LogP contribution in [0.1, 0.15) is 32.6 Å². The molecule has 0 radical (unpaired) electrons. The van der Waals surface area contributed by atoms with Gasteiger partial charge in [0.25, 0.3) is 5.91 Å². The van der Waals surface area contributed by atoms with Gasteiger partial charge in [-0.3, -0.25) is 10.1 Å². The highest BCUT2D eigenvalue weighted by molar-refractivity contribution is 6.07. The molecule has 1 saturated carbocycles. The Morgan fingerprint density at radius 2 is 2.23 bits per heavy atom. The predicted molar refractivity (Wildman–Crippen MR) is 82.8 cm³/mol. The fourth-order valence-corrected chi connectivity index (χ4v) is 4.20. The largest absolute Gasteiger partial charge is 0.379 e. The Hall–Kier alpha value is -2.04. The normalized spacial score (nSPS) is 36.3. The standard InChI is InChI=1S/C17H21N3O2/c1-3-13-5-4-10-6-11-8-17(9-12(11)7-14(10)18-13)15(21)19-16(22)20(17)2/h4-5,7,11,13,18H,3,6,8-9H2,1-2H3,(H,19,21,22)/t11?,13?,17-/m1/s1. The number of hydrogen-bond donors (Lipinski definition) is 2. The first-order valence-corrected chi connectivity index (χ1v) is 8.01. The molecule has 5 nitrogen and oxygen atoms in total. The molecule has 0 bridgehead atoms. The number of rotatable bonds is 1. The number of hydrogen-bond acceptors (Lipinski definition) is 3. The molecule has 2 N–H and O–H groups in total. The highest BCUT2D eigenvalue weighted by Crippen LogP contribution is 2.49. The van der Waals surface area contributed by atoms with Crippen molar-refractivity contribution in [3.63, 3.8) is 0 Å². The summed E-state index contributed by atoms with van der Waals surface area (Å²) in [5.41, 5.74) is 3.15. The lowest BCUT2D eigenvalue weighted by Crippen LogP contribution is -2.45. The van der Waals surface area contributed by atoms with E-state index in [9.17, 15) is 9.59 Å². The van der Waals surface area contributed by atoms with Crippen LogP contribution in [0.4, 0.5) is 4.79 Å². The van der Waals surface area contributed by atoms with Crippen molar-refractivity contribution >= 4 is 11.9 Å². The first-order chi connectivity index (χ1) is 10.5. The average molecular weight is 299 g/mol. The number of dihydropyridines is 1. The summed E-state index contributed by atoms with van der Waals surface area (Å²) in [6, 6.07) is 0.118. The molecule has 2 aliphatic heterocycles. The van der Waals surface area contributed by atoms with Crippen molar-refractivity contribution in [2.75, 3.05) is 7.05 Å². The topological polar surface area (TPSA) is 61.4 Å². The van der Waals surface area contributed by atoms with Crippen LogP contribution in [0.15, 0.2) is 35.1 Å². The van der Waals surface area contributed by atoms with Gasteiger partial charge in [-0.15, -0.1) is 0 Å². The number of likely N-dealkylation sites (N-methyl/N-ethyl adjacent to an activating group) is 1. The number of amides is 3. The summed E-state index contributed by atoms with van der Waals surface area (Å²) in [6.07, 6.45) is 10.1. The molecule has 2 fully saturated rings. The Labute approximate surface area is 130 Å². The van der Waals surface area contributed by atoms with Crippen molar-refractivity contribution in [2.45, 2.75) is 44.2 Å². The fraction of sp³-hybridized carbons (Fsp3) is 0.529. The van der Waals surface area contributed by atoms with Crippen LogP contribution >= 0.6 is 0 Å². The molecular weight excluding hydrogens is 278 g/mol. The Morgan fingerprint density at radius 1 is 1.41 bits per heavy atom. The molecule has 116 valence electrons. The molecule has 2 unspecified atom stereocenters. The maximum Gasteiger partial charge on any atom is 0.324 e. The molecule has 1 saturated heterocycles. The third-order valence-corrected chi connectivity index (χ3v) is 5.65. The predicted octanol–water partition coefficient (Wildman–Crippen LogP) is 1.84. The summed E-state index contributed by atoms with van der Waals surface area (Å²) in [6.45, 7) is 2.17. The van der Waals surface area contributed by atoms with E-state index in [0.717, 1.165) is 19.3 Å². The van der Waals surface area contributed by atoms with Gasteiger partial charge in [-0.1, -0.05) is 24.6 Å². The van der Waals surface area contributed by atoms with Crippen LogP contribution in [0.3, 0.4) is 0 Å². The first kappa shape index (κ1) is 13.6. The minimum absolute atomic E-state index is 0.136. The zero-order valence-electron chi connectivity index (χ0n) is 13.0. The number of nitrogens with zero attached hydrogens (tertiary/aromatic N) is 1. The molecule has 1 spiro atoms. The van der Waals surface area contributed by atoms with Crippen LogP contribution < -0.4 is 10.6 Å². The molecule has 0 aromatic carbocycles. The zero-order chi connectivity index (χ0) is 15.5. The van der Waals surface area contributed by atoms with Gasteiger partial charge in [-0.25, -0.2) is 4.79 Å². The minimum Gasteiger partial charge on any atom is -0.379 e. The van der Waals surface area contributed by atoms with Gasteiger partial charge in [0.05, 0.1) is 0 Å². The first-order valence-electron chi connectivity index (χ1n) is 8.01. The molecule has 4 rings (SSSR count). The Kier molecular flexibility index (Phi) is 2.77. The summed E-state index contributed by atoms with van der Waals surface area (Å²) in [5.74, 6) is 0.227. The second-order valence-electron chi connectivity index (χ2n) is 6.81. The van der Waals surface area contributed by atoms with Crippen LogP contribution in [-0.2, 0) is 4.79 Å². The molecular formula is C17H21N3O2. The van der Waals surface area contributed by atoms with Crippen LogP contribution in [0.5, 0.6) is 0 Å². The van der Waals surface area contributed by atoms with E-state index in [1.807, 2.05) is 0 Å². The molecule has 3 amide bonds. The van der Waals surface area contributed by atoms with Gasteiger partial charge in [0.2, 0.25) is 0 Å². The maximum atomic E-state index is 12.3. The van der Waals surface area contributed by atoms with Gasteiger partial charge in [-0.05, 0) is 36.8 Å². The van der Waals surface area contributed by atoms with Crippen molar-refractivity contribution in [3.8, 4) is 0 Å². The van der Waals surface area contributed by atoms with E-state index in [-0.39, 0.29) is 11.9 Å². The lowest BCUT2D eigenvalue weighted by molar-refractivity contribution is -0.126. The number of urea groups is 1. The Morgan fingerprint density at radius 3 is 2.91 bits per heavy atom. The summed E-state index contributed by atoms with van der Waals surface area (Å²) >= 11 is 0. The highest BCUT2D eigenvalue weighted by Gasteiger charge is 2.57. The van der Waals surface area contributed by atoms with Gasteiger partial charge < -0.3 is 10.2 Å². The van der Waals surface area contributed by atoms with Gasteiger partial charge in [0.15, 0.2) is 0 Å². The van der Waals surface area contributed by atoms with Crippen LogP contribution in [-0.4, -0.2) is 35.5 Å². The number of fused-ring (bicyclic) bond motifs is 1. The lowest BCUT2D eigenvalue weighted by Gasteiger charge is -2.29. The van der Waals surface area contributed by atoms with E-state index in [0.29, 0.717) is 18.4 Å². The van der Waals surface area contributed by atoms with Crippen molar-refractivity contribution < 1.29 is 9.59 Å². The van der Waals surface area contributed by atoms with Gasteiger partial charge in [0, 0.05) is 25.2 Å². The highest BCUT2D eigenvalue weighted by atomic mass is 16.2. The fourth-order valence-electron chi connectivity index (χ4n) is 4.20. The maximum absolute atomic E-state index is 12.3. The van der Waals surface area contributed by atoms with Crippen molar-refractivity contribution in [2.24, 2.45) is 5.92 Å². The van der Waals surface area contributed by atoms with Gasteiger partial charge >= 0.3 is 6.03 Å². The number of nitrogens with one attached hydrogen (secondary N) is 2. The van der Waals surface area contributed by atoms with E-state index in [4.69, 9.17) is 0 Å². The van der Waals surface area contributed by atoms with Crippen LogP contribution in [0, 0.1) is 5.92 Å². The Balaban J connectivity index is 1.64. The molecule has 0 aromatic rings. The van der Waals surface area contributed by atoms with Gasteiger partial charge in [0.1, 0.15) is 5.54 Å². The van der Waals surface area contributed by atoms with Crippen molar-refractivity contribution in [3.05, 3.63) is 35.1 Å². The summed E-state index contributed by atoms with van der Waals surface area (Å²) in [7, 11) is 1.73. The van der Waals surface area contributed by atoms with E-state index in [1.54, 1.807) is 11.9 Å². The monoisotopic (exact) mass is 299 g/mol. The third kappa shape index (κ3) is 1.71. The summed E-state index contributed by atoms with van der Waals surface area (Å²) in [5, 5.41) is 6.03. The molecule has 5 heteroatoms. The van der Waals surface area contributed by atoms with Crippen LogP contribution in [0.25, 0.3) is 0 Å². The molecule has 2 heterocycles. The minimum atomic E-state index is -0.671. The van der Waals surface area contributed by atoms with Gasteiger partial charge in [-0.2, -0.15) is 0 Å². The second-order valence-corrected chi connectivity index (χ2v) is 6.81. The second kappa shape index (κ2) is 4.48. The Bertz CT molecular complexity index is 661. The molecule has 2 aliphatic carbocycles. The number of carbonyl (C=O) groups excluding carboxylic acids is 2. The molecule has 22 heavy (non-hydrogen) atoms. The molecule has 0 aromatic heterocycles. The van der Waals surface area contributed by atoms with E-state index in [2.05, 4.69) is 35.8 Å². The van der Waals surface area contributed by atoms with Crippen LogP contribution in [0.2, 0.25) is 0 Å². The van der Waals surface area contributed by atoms with E-state index < -0.39 is 5.54 Å². The van der Waals surface area contributed by atoms with E-state index in [1.165, 1.54) is 16.8 Å². The third-order valence-electron chi connectivity index (χ3n) is 5.65. The van der Waals surface area contributed by atoms with Crippen molar-refractivity contribution in [1.29, 1.82) is 0 Å². The molecule has 3 atom stereocenters. The average Bonchev–Trinajstić information content (AvgIpc) is 2.98. The SMILES string of the molecule is CCC1C=CC2=C(C=C3C[C@]4(CC3C2)C(=O)NC(=O)N4C)N1. The number of imide groups is 1.